The Hall–Kier alpha value is -1.39. The summed E-state index contributed by atoms with van der Waals surface area (Å²) in [7, 11) is 2.16. The summed E-state index contributed by atoms with van der Waals surface area (Å²) in [5.41, 5.74) is 2.30. The summed E-state index contributed by atoms with van der Waals surface area (Å²) in [6, 6.07) is 8.56. The van der Waals surface area contributed by atoms with Crippen LogP contribution < -0.4 is 5.32 Å². The van der Waals surface area contributed by atoms with Gasteiger partial charge in [0, 0.05) is 38.8 Å². The van der Waals surface area contributed by atoms with Gasteiger partial charge < -0.3 is 10.2 Å². The highest BCUT2D eigenvalue weighted by Crippen LogP contribution is 2.05. The molecule has 1 aliphatic rings. The van der Waals surface area contributed by atoms with Gasteiger partial charge in [-0.05, 0) is 26.5 Å². The molecular weight excluding hydrogens is 262 g/mol. The number of hydrogen-bond donors (Lipinski definition) is 1. The van der Waals surface area contributed by atoms with E-state index in [2.05, 4.69) is 48.1 Å². The van der Waals surface area contributed by atoms with Crippen LogP contribution in [0.4, 0.5) is 0 Å². The van der Waals surface area contributed by atoms with Crippen molar-refractivity contribution in [2.75, 3.05) is 39.8 Å². The van der Waals surface area contributed by atoms with Crippen LogP contribution >= 0.6 is 0 Å². The summed E-state index contributed by atoms with van der Waals surface area (Å²) in [6.07, 6.45) is 0.468. The molecule has 4 heteroatoms. The van der Waals surface area contributed by atoms with Crippen molar-refractivity contribution >= 4 is 5.91 Å². The predicted molar refractivity (Wildman–Crippen MR) is 86.4 cm³/mol. The highest BCUT2D eigenvalue weighted by molar-refractivity contribution is 5.78. The number of aryl methyl sites for hydroxylation is 1. The lowest BCUT2D eigenvalue weighted by atomic mass is 10.1. The lowest BCUT2D eigenvalue weighted by Gasteiger charge is -2.36. The monoisotopic (exact) mass is 289 g/mol. The highest BCUT2D eigenvalue weighted by atomic mass is 16.1. The zero-order valence-corrected chi connectivity index (χ0v) is 13.4. The number of rotatable bonds is 5. The van der Waals surface area contributed by atoms with E-state index in [1.807, 2.05) is 12.1 Å². The third-order valence-corrected chi connectivity index (χ3v) is 4.24. The Kier molecular flexibility index (Phi) is 5.76. The minimum Gasteiger partial charge on any atom is -0.354 e. The average molecular weight is 289 g/mol. The molecule has 1 aromatic carbocycles. The van der Waals surface area contributed by atoms with Crippen LogP contribution in [-0.4, -0.2) is 61.5 Å². The van der Waals surface area contributed by atoms with Crippen molar-refractivity contribution in [3.8, 4) is 0 Å². The first-order chi connectivity index (χ1) is 10.0. The van der Waals surface area contributed by atoms with Gasteiger partial charge in [0.1, 0.15) is 0 Å². The summed E-state index contributed by atoms with van der Waals surface area (Å²) < 4.78 is 0. The van der Waals surface area contributed by atoms with Gasteiger partial charge in [0.2, 0.25) is 5.91 Å². The molecule has 1 aromatic rings. The van der Waals surface area contributed by atoms with Gasteiger partial charge in [-0.25, -0.2) is 0 Å². The normalized spacial score (nSPS) is 18.4. The summed E-state index contributed by atoms with van der Waals surface area (Å²) >= 11 is 0. The Morgan fingerprint density at radius 1 is 1.19 bits per heavy atom. The maximum absolute atomic E-state index is 12.0. The van der Waals surface area contributed by atoms with Gasteiger partial charge in [-0.15, -0.1) is 0 Å². The molecule has 1 heterocycles. The van der Waals surface area contributed by atoms with Crippen molar-refractivity contribution in [3.05, 3.63) is 35.4 Å². The first-order valence-electron chi connectivity index (χ1n) is 7.79. The van der Waals surface area contributed by atoms with E-state index in [-0.39, 0.29) is 5.91 Å². The molecule has 1 N–H and O–H groups in total. The molecule has 0 saturated carbocycles. The lowest BCUT2D eigenvalue weighted by molar-refractivity contribution is -0.120. The maximum Gasteiger partial charge on any atom is 0.224 e. The molecule has 1 saturated heterocycles. The highest BCUT2D eigenvalue weighted by Gasteiger charge is 2.19. The van der Waals surface area contributed by atoms with E-state index in [4.69, 9.17) is 0 Å². The maximum atomic E-state index is 12.0. The lowest BCUT2D eigenvalue weighted by Crippen LogP contribution is -2.51. The van der Waals surface area contributed by atoms with Crippen LogP contribution in [0, 0.1) is 6.92 Å². The fraction of sp³-hybridized carbons (Fsp3) is 0.588. The predicted octanol–water partition coefficient (Wildman–Crippen LogP) is 1.29. The molecule has 0 aromatic heterocycles. The smallest absolute Gasteiger partial charge is 0.224 e. The SMILES string of the molecule is Cc1ccc(CC(=O)NCC(C)N2CCN(C)CC2)cc1. The van der Waals surface area contributed by atoms with Gasteiger partial charge in [0.05, 0.1) is 6.42 Å². The zero-order valence-electron chi connectivity index (χ0n) is 13.4. The van der Waals surface area contributed by atoms with Crippen molar-refractivity contribution in [1.29, 1.82) is 0 Å². The molecule has 1 atom stereocenters. The second kappa shape index (κ2) is 7.57. The number of carbonyl (C=O) groups excluding carboxylic acids is 1. The van der Waals surface area contributed by atoms with E-state index in [0.717, 1.165) is 38.3 Å². The number of amides is 1. The van der Waals surface area contributed by atoms with Crippen molar-refractivity contribution in [2.45, 2.75) is 26.3 Å². The fourth-order valence-electron chi connectivity index (χ4n) is 2.61. The van der Waals surface area contributed by atoms with Crippen LogP contribution in [-0.2, 0) is 11.2 Å². The van der Waals surface area contributed by atoms with Gasteiger partial charge >= 0.3 is 0 Å². The standard InChI is InChI=1S/C17H27N3O/c1-14-4-6-16(7-5-14)12-17(21)18-13-15(2)20-10-8-19(3)9-11-20/h4-7,15H,8-13H2,1-3H3,(H,18,21). The molecule has 2 rings (SSSR count). The molecule has 1 amide bonds. The summed E-state index contributed by atoms with van der Waals surface area (Å²) in [6.45, 7) is 9.38. The first-order valence-corrected chi connectivity index (χ1v) is 7.79. The molecule has 1 aliphatic heterocycles. The third kappa shape index (κ3) is 5.14. The minimum absolute atomic E-state index is 0.111. The van der Waals surface area contributed by atoms with Gasteiger partial charge in [-0.1, -0.05) is 29.8 Å². The minimum atomic E-state index is 0.111. The average Bonchev–Trinajstić information content (AvgIpc) is 2.48. The largest absolute Gasteiger partial charge is 0.354 e. The van der Waals surface area contributed by atoms with Crippen LogP contribution in [0.15, 0.2) is 24.3 Å². The topological polar surface area (TPSA) is 35.6 Å². The molecule has 0 aliphatic carbocycles. The van der Waals surface area contributed by atoms with E-state index in [9.17, 15) is 4.79 Å². The molecule has 1 fully saturated rings. The number of nitrogens with one attached hydrogen (secondary N) is 1. The van der Waals surface area contributed by atoms with Crippen molar-refractivity contribution < 1.29 is 4.79 Å². The van der Waals surface area contributed by atoms with E-state index in [0.29, 0.717) is 12.5 Å². The van der Waals surface area contributed by atoms with Gasteiger partial charge in [0.25, 0.3) is 0 Å². The molecule has 0 spiro atoms. The van der Waals surface area contributed by atoms with E-state index < -0.39 is 0 Å². The number of carbonyl (C=O) groups is 1. The van der Waals surface area contributed by atoms with Crippen LogP contribution in [0.3, 0.4) is 0 Å². The van der Waals surface area contributed by atoms with Crippen molar-refractivity contribution in [3.63, 3.8) is 0 Å². The number of hydrogen-bond acceptors (Lipinski definition) is 3. The number of benzene rings is 1. The van der Waals surface area contributed by atoms with Gasteiger partial charge in [-0.3, -0.25) is 9.69 Å². The summed E-state index contributed by atoms with van der Waals surface area (Å²) in [4.78, 5) is 16.8. The Morgan fingerprint density at radius 3 is 2.43 bits per heavy atom. The number of piperazine rings is 1. The Balaban J connectivity index is 1.72. The molecule has 1 unspecified atom stereocenters. The Morgan fingerprint density at radius 2 is 1.81 bits per heavy atom. The van der Waals surface area contributed by atoms with Gasteiger partial charge in [0.15, 0.2) is 0 Å². The Bertz CT molecular complexity index is 450. The fourth-order valence-corrected chi connectivity index (χ4v) is 2.61. The molecule has 0 radical (unpaired) electrons. The molecule has 0 bridgehead atoms. The van der Waals surface area contributed by atoms with Gasteiger partial charge in [-0.2, -0.15) is 0 Å². The second-order valence-corrected chi connectivity index (χ2v) is 6.15. The zero-order chi connectivity index (χ0) is 15.2. The molecular formula is C17H27N3O. The van der Waals surface area contributed by atoms with E-state index in [1.165, 1.54) is 5.56 Å². The van der Waals surface area contributed by atoms with Crippen molar-refractivity contribution in [2.24, 2.45) is 0 Å². The van der Waals surface area contributed by atoms with Crippen molar-refractivity contribution in [1.82, 2.24) is 15.1 Å². The summed E-state index contributed by atoms with van der Waals surface area (Å²) in [5, 5.41) is 3.06. The third-order valence-electron chi connectivity index (χ3n) is 4.24. The number of nitrogens with zero attached hydrogens (tertiary/aromatic N) is 2. The molecule has 4 nitrogen and oxygen atoms in total. The molecule has 21 heavy (non-hydrogen) atoms. The van der Waals surface area contributed by atoms with Crippen LogP contribution in [0.2, 0.25) is 0 Å². The molecule has 116 valence electrons. The first kappa shape index (κ1) is 16.0. The van der Waals surface area contributed by atoms with Crippen LogP contribution in [0.5, 0.6) is 0 Å². The number of likely N-dealkylation sites (N-methyl/N-ethyl adjacent to an activating group) is 1. The quantitative estimate of drug-likeness (QED) is 0.887. The van der Waals surface area contributed by atoms with Crippen LogP contribution in [0.1, 0.15) is 18.1 Å². The summed E-state index contributed by atoms with van der Waals surface area (Å²) in [5.74, 6) is 0.111. The second-order valence-electron chi connectivity index (χ2n) is 6.15. The van der Waals surface area contributed by atoms with E-state index in [1.54, 1.807) is 0 Å². The van der Waals surface area contributed by atoms with E-state index >= 15 is 0 Å². The van der Waals surface area contributed by atoms with Crippen LogP contribution in [0.25, 0.3) is 0 Å². The Labute approximate surface area is 128 Å².